The molecular weight excluding hydrogens is 266 g/mol. The lowest BCUT2D eigenvalue weighted by molar-refractivity contribution is 0.562. The number of hydrogen-bond acceptors (Lipinski definition) is 3. The first-order chi connectivity index (χ1) is 9.66. The molecule has 0 amide bonds. The van der Waals surface area contributed by atoms with Gasteiger partial charge in [-0.25, -0.2) is 4.98 Å². The lowest BCUT2D eigenvalue weighted by atomic mass is 10.0. The summed E-state index contributed by atoms with van der Waals surface area (Å²) < 4.78 is 2.18. The van der Waals surface area contributed by atoms with Crippen LogP contribution >= 0.6 is 11.3 Å². The first-order valence-corrected chi connectivity index (χ1v) is 7.74. The minimum absolute atomic E-state index is 0.333. The molecule has 0 saturated carbocycles. The molecule has 0 aliphatic carbocycles. The molecule has 3 rings (SSSR count). The number of aryl methyl sites for hydroxylation is 2. The molecule has 1 aromatic carbocycles. The van der Waals surface area contributed by atoms with Crippen molar-refractivity contribution in [1.82, 2.24) is 14.7 Å². The van der Waals surface area contributed by atoms with Crippen molar-refractivity contribution in [1.29, 1.82) is 0 Å². The number of thiazole rings is 1. The molecule has 0 bridgehead atoms. The third-order valence-electron chi connectivity index (χ3n) is 3.79. The summed E-state index contributed by atoms with van der Waals surface area (Å²) in [4.78, 5) is 5.65. The second kappa shape index (κ2) is 5.38. The van der Waals surface area contributed by atoms with Gasteiger partial charge in [0, 0.05) is 24.2 Å². The van der Waals surface area contributed by atoms with E-state index in [0.717, 1.165) is 17.2 Å². The third-order valence-corrected chi connectivity index (χ3v) is 4.55. The minimum Gasteiger partial charge on any atom is -0.305 e. The molecule has 3 aromatic rings. The zero-order valence-corrected chi connectivity index (χ0v) is 12.9. The maximum Gasteiger partial charge on any atom is 0.194 e. The molecule has 1 N–H and O–H groups in total. The zero-order chi connectivity index (χ0) is 14.1. The van der Waals surface area contributed by atoms with E-state index in [9.17, 15) is 0 Å². The van der Waals surface area contributed by atoms with Crippen LogP contribution in [0, 0.1) is 13.8 Å². The Hall–Kier alpha value is -1.65. The number of aromatic nitrogens is 2. The van der Waals surface area contributed by atoms with Gasteiger partial charge in [0.1, 0.15) is 0 Å². The van der Waals surface area contributed by atoms with Gasteiger partial charge in [-0.2, -0.15) is 0 Å². The second-order valence-corrected chi connectivity index (χ2v) is 6.03. The van der Waals surface area contributed by atoms with Crippen LogP contribution in [0.3, 0.4) is 0 Å². The summed E-state index contributed by atoms with van der Waals surface area (Å²) in [5.74, 6) is 0. The molecule has 0 aliphatic heterocycles. The average molecular weight is 285 g/mol. The fourth-order valence-electron chi connectivity index (χ4n) is 2.59. The molecule has 1 atom stereocenters. The van der Waals surface area contributed by atoms with Gasteiger partial charge in [0.15, 0.2) is 4.96 Å². The maximum absolute atomic E-state index is 4.58. The topological polar surface area (TPSA) is 29.3 Å². The molecule has 104 valence electrons. The van der Waals surface area contributed by atoms with Gasteiger partial charge >= 0.3 is 0 Å². The van der Waals surface area contributed by atoms with E-state index in [0.29, 0.717) is 6.04 Å². The van der Waals surface area contributed by atoms with Crippen molar-refractivity contribution in [3.63, 3.8) is 0 Å². The van der Waals surface area contributed by atoms with E-state index < -0.39 is 0 Å². The summed E-state index contributed by atoms with van der Waals surface area (Å²) in [5.41, 5.74) is 5.05. The van der Waals surface area contributed by atoms with Crippen molar-refractivity contribution in [2.75, 3.05) is 0 Å². The average Bonchev–Trinajstić information content (AvgIpc) is 2.97. The lowest BCUT2D eigenvalue weighted by Crippen LogP contribution is -2.20. The van der Waals surface area contributed by atoms with E-state index in [1.54, 1.807) is 11.3 Å². The number of fused-ring (bicyclic) bond motifs is 1. The van der Waals surface area contributed by atoms with Gasteiger partial charge in [0.05, 0.1) is 11.4 Å². The van der Waals surface area contributed by atoms with E-state index in [1.807, 2.05) is 0 Å². The summed E-state index contributed by atoms with van der Waals surface area (Å²) in [6, 6.07) is 8.87. The fraction of sp³-hybridized carbons (Fsp3) is 0.312. The van der Waals surface area contributed by atoms with Crippen LogP contribution in [0.4, 0.5) is 0 Å². The maximum atomic E-state index is 4.58. The number of nitrogens with one attached hydrogen (secondary N) is 1. The van der Waals surface area contributed by atoms with Crippen LogP contribution in [0.2, 0.25) is 0 Å². The van der Waals surface area contributed by atoms with E-state index in [1.165, 1.54) is 16.8 Å². The summed E-state index contributed by atoms with van der Waals surface area (Å²) in [6.07, 6.45) is 2.09. The Balaban J connectivity index is 1.78. The molecule has 0 unspecified atom stereocenters. The monoisotopic (exact) mass is 285 g/mol. The van der Waals surface area contributed by atoms with Gasteiger partial charge in [-0.1, -0.05) is 24.3 Å². The van der Waals surface area contributed by atoms with Crippen LogP contribution in [-0.4, -0.2) is 9.38 Å². The van der Waals surface area contributed by atoms with Crippen LogP contribution < -0.4 is 5.32 Å². The minimum atomic E-state index is 0.333. The first kappa shape index (κ1) is 13.3. The van der Waals surface area contributed by atoms with E-state index in [4.69, 9.17) is 0 Å². The van der Waals surface area contributed by atoms with Crippen molar-refractivity contribution >= 4 is 16.3 Å². The lowest BCUT2D eigenvalue weighted by Gasteiger charge is -2.16. The normalized spacial score (nSPS) is 12.9. The summed E-state index contributed by atoms with van der Waals surface area (Å²) in [6.45, 7) is 7.28. The molecule has 20 heavy (non-hydrogen) atoms. The standard InChI is InChI=1S/C16H19N3S/c1-11-6-4-5-7-14(11)12(2)17-10-15-13(3)18-16-19(15)8-9-20-16/h4-9,12,17H,10H2,1-3H3/t12-/m1/s1. The van der Waals surface area contributed by atoms with Crippen molar-refractivity contribution in [2.45, 2.75) is 33.4 Å². The Morgan fingerprint density at radius 1 is 1.30 bits per heavy atom. The predicted molar refractivity (Wildman–Crippen MR) is 84.2 cm³/mol. The quantitative estimate of drug-likeness (QED) is 0.788. The van der Waals surface area contributed by atoms with Crippen LogP contribution in [0.25, 0.3) is 4.96 Å². The second-order valence-electron chi connectivity index (χ2n) is 5.16. The highest BCUT2D eigenvalue weighted by molar-refractivity contribution is 7.15. The third kappa shape index (κ3) is 2.37. The summed E-state index contributed by atoms with van der Waals surface area (Å²) in [7, 11) is 0. The highest BCUT2D eigenvalue weighted by Gasteiger charge is 2.12. The molecule has 0 fully saturated rings. The van der Waals surface area contributed by atoms with Gasteiger partial charge in [0.25, 0.3) is 0 Å². The fourth-order valence-corrected chi connectivity index (χ4v) is 3.36. The molecule has 3 nitrogen and oxygen atoms in total. The molecule has 2 aromatic heterocycles. The summed E-state index contributed by atoms with van der Waals surface area (Å²) in [5, 5.41) is 5.69. The first-order valence-electron chi connectivity index (χ1n) is 6.86. The number of hydrogen-bond donors (Lipinski definition) is 1. The number of rotatable bonds is 4. The number of nitrogens with zero attached hydrogens (tertiary/aromatic N) is 2. The molecular formula is C16H19N3S. The highest BCUT2D eigenvalue weighted by atomic mass is 32.1. The van der Waals surface area contributed by atoms with E-state index >= 15 is 0 Å². The predicted octanol–water partition coefficient (Wildman–Crippen LogP) is 3.86. The Bertz CT molecular complexity index is 726. The van der Waals surface area contributed by atoms with Crippen LogP contribution in [0.15, 0.2) is 35.8 Å². The molecule has 2 heterocycles. The number of benzene rings is 1. The summed E-state index contributed by atoms with van der Waals surface area (Å²) >= 11 is 1.68. The van der Waals surface area contributed by atoms with Crippen LogP contribution in [0.1, 0.15) is 35.5 Å². The van der Waals surface area contributed by atoms with Gasteiger partial charge in [0.2, 0.25) is 0 Å². The Labute approximate surface area is 123 Å². The van der Waals surface area contributed by atoms with Gasteiger partial charge in [-0.05, 0) is 31.9 Å². The van der Waals surface area contributed by atoms with Crippen molar-refractivity contribution in [2.24, 2.45) is 0 Å². The SMILES string of the molecule is Cc1ccccc1[C@@H](C)NCc1c(C)nc2sccn12. The molecule has 4 heteroatoms. The van der Waals surface area contributed by atoms with Crippen molar-refractivity contribution in [3.05, 3.63) is 58.4 Å². The van der Waals surface area contributed by atoms with Crippen molar-refractivity contribution < 1.29 is 0 Å². The van der Waals surface area contributed by atoms with E-state index in [2.05, 4.69) is 71.3 Å². The molecule has 0 spiro atoms. The van der Waals surface area contributed by atoms with E-state index in [-0.39, 0.29) is 0 Å². The largest absolute Gasteiger partial charge is 0.305 e. The van der Waals surface area contributed by atoms with Gasteiger partial charge < -0.3 is 5.32 Å². The molecule has 0 aliphatic rings. The van der Waals surface area contributed by atoms with Gasteiger partial charge in [-0.15, -0.1) is 11.3 Å². The zero-order valence-electron chi connectivity index (χ0n) is 12.1. The Kier molecular flexibility index (Phi) is 3.59. The molecule has 0 radical (unpaired) electrons. The molecule has 0 saturated heterocycles. The Morgan fingerprint density at radius 3 is 2.90 bits per heavy atom. The smallest absolute Gasteiger partial charge is 0.194 e. The van der Waals surface area contributed by atoms with Crippen LogP contribution in [-0.2, 0) is 6.54 Å². The van der Waals surface area contributed by atoms with Gasteiger partial charge in [-0.3, -0.25) is 4.40 Å². The van der Waals surface area contributed by atoms with Crippen molar-refractivity contribution in [3.8, 4) is 0 Å². The van der Waals surface area contributed by atoms with Crippen LogP contribution in [0.5, 0.6) is 0 Å². The number of imidazole rings is 1. The Morgan fingerprint density at radius 2 is 2.10 bits per heavy atom. The highest BCUT2D eigenvalue weighted by Crippen LogP contribution is 2.20.